The Morgan fingerprint density at radius 1 is 1.06 bits per heavy atom. The molecule has 0 atom stereocenters. The third kappa shape index (κ3) is 6.59. The smallest absolute Gasteiger partial charge is 0.250 e. The van der Waals surface area contributed by atoms with Gasteiger partial charge < -0.3 is 14.2 Å². The Morgan fingerprint density at radius 2 is 1.88 bits per heavy atom. The van der Waals surface area contributed by atoms with Crippen molar-refractivity contribution in [3.63, 3.8) is 0 Å². The Bertz CT molecular complexity index is 1040. The number of hydrogen-bond donors (Lipinski definition) is 1. The van der Waals surface area contributed by atoms with Gasteiger partial charge in [-0.05, 0) is 54.5 Å². The van der Waals surface area contributed by atoms with Crippen molar-refractivity contribution in [2.45, 2.75) is 26.2 Å². The molecule has 1 amide bonds. The van der Waals surface area contributed by atoms with E-state index in [4.69, 9.17) is 14.2 Å². The molecule has 0 aliphatic rings. The van der Waals surface area contributed by atoms with Gasteiger partial charge in [0.05, 0.1) is 26.5 Å². The molecule has 0 spiro atoms. The number of aromatic nitrogens is 1. The Kier molecular flexibility index (Phi) is 8.69. The maximum atomic E-state index is 12.3. The van der Waals surface area contributed by atoms with Crippen molar-refractivity contribution in [3.05, 3.63) is 59.5 Å². The molecule has 1 N–H and O–H groups in total. The Balaban J connectivity index is 1.58. The summed E-state index contributed by atoms with van der Waals surface area (Å²) in [6, 6.07) is 13.2. The van der Waals surface area contributed by atoms with Crippen LogP contribution >= 0.6 is 11.3 Å². The summed E-state index contributed by atoms with van der Waals surface area (Å²) in [6.07, 6.45) is 6.51. The lowest BCUT2D eigenvalue weighted by Gasteiger charge is -2.11. The predicted octanol–water partition coefficient (Wildman–Crippen LogP) is 6.05. The lowest BCUT2D eigenvalue weighted by molar-refractivity contribution is -0.111. The van der Waals surface area contributed by atoms with E-state index in [2.05, 4.69) is 17.2 Å². The van der Waals surface area contributed by atoms with Crippen molar-refractivity contribution in [2.75, 3.05) is 26.1 Å². The fourth-order valence-electron chi connectivity index (χ4n) is 2.99. The summed E-state index contributed by atoms with van der Waals surface area (Å²) in [5.41, 5.74) is 2.61. The zero-order valence-corrected chi connectivity index (χ0v) is 19.4. The summed E-state index contributed by atoms with van der Waals surface area (Å²) in [4.78, 5) is 16.8. The number of methoxy groups -OCH3 is 2. The van der Waals surface area contributed by atoms with Crippen molar-refractivity contribution >= 4 is 28.5 Å². The number of ether oxygens (including phenoxy) is 3. The number of thiazole rings is 1. The van der Waals surface area contributed by atoms with E-state index in [1.54, 1.807) is 20.3 Å². The third-order valence-electron chi connectivity index (χ3n) is 4.74. The molecule has 3 rings (SSSR count). The standard InChI is InChI=1S/C25H28N2O4S/c1-4-5-6-15-31-22-13-7-18(16-23(22)30-3)8-14-24(28)27-25-26-21(17-32-25)19-9-11-20(29-2)12-10-19/h7-14,16-17H,4-6,15H2,1-3H3,(H,26,27,28). The van der Waals surface area contributed by atoms with Crippen LogP contribution in [0.15, 0.2) is 53.9 Å². The molecule has 0 aliphatic heterocycles. The molecule has 0 saturated heterocycles. The first-order chi connectivity index (χ1) is 15.6. The summed E-state index contributed by atoms with van der Waals surface area (Å²) in [5.74, 6) is 1.89. The van der Waals surface area contributed by atoms with Crippen LogP contribution in [-0.4, -0.2) is 31.7 Å². The lowest BCUT2D eigenvalue weighted by atomic mass is 10.2. The van der Waals surface area contributed by atoms with E-state index in [1.807, 2.05) is 47.8 Å². The molecule has 0 unspecified atom stereocenters. The first-order valence-corrected chi connectivity index (χ1v) is 11.4. The summed E-state index contributed by atoms with van der Waals surface area (Å²) in [7, 11) is 3.24. The quantitative estimate of drug-likeness (QED) is 0.283. The molecular formula is C25H28N2O4S. The van der Waals surface area contributed by atoms with Gasteiger partial charge in [0.2, 0.25) is 5.91 Å². The second-order valence-electron chi connectivity index (χ2n) is 7.05. The van der Waals surface area contributed by atoms with Gasteiger partial charge in [0.15, 0.2) is 16.6 Å². The van der Waals surface area contributed by atoms with E-state index in [0.29, 0.717) is 23.2 Å². The number of hydrogen-bond acceptors (Lipinski definition) is 6. The Labute approximate surface area is 192 Å². The third-order valence-corrected chi connectivity index (χ3v) is 5.50. The topological polar surface area (TPSA) is 69.7 Å². The number of nitrogens with zero attached hydrogens (tertiary/aromatic N) is 1. The van der Waals surface area contributed by atoms with Crippen molar-refractivity contribution in [1.82, 2.24) is 4.98 Å². The molecule has 1 heterocycles. The highest BCUT2D eigenvalue weighted by molar-refractivity contribution is 7.14. The Hall–Kier alpha value is -3.32. The predicted molar refractivity (Wildman–Crippen MR) is 130 cm³/mol. The summed E-state index contributed by atoms with van der Waals surface area (Å²) in [5, 5.41) is 5.25. The van der Waals surface area contributed by atoms with Crippen LogP contribution in [0.2, 0.25) is 0 Å². The average Bonchev–Trinajstić information content (AvgIpc) is 3.29. The van der Waals surface area contributed by atoms with Gasteiger partial charge in [-0.15, -0.1) is 11.3 Å². The van der Waals surface area contributed by atoms with Crippen LogP contribution in [0.3, 0.4) is 0 Å². The lowest BCUT2D eigenvalue weighted by Crippen LogP contribution is -2.07. The highest BCUT2D eigenvalue weighted by atomic mass is 32.1. The zero-order chi connectivity index (χ0) is 22.8. The maximum Gasteiger partial charge on any atom is 0.250 e. The fraction of sp³-hybridized carbons (Fsp3) is 0.280. The van der Waals surface area contributed by atoms with E-state index in [9.17, 15) is 4.79 Å². The number of unbranched alkanes of at least 4 members (excludes halogenated alkanes) is 2. The molecule has 3 aromatic rings. The van der Waals surface area contributed by atoms with Crippen molar-refractivity contribution in [3.8, 4) is 28.5 Å². The molecule has 0 fully saturated rings. The largest absolute Gasteiger partial charge is 0.497 e. The van der Waals surface area contributed by atoms with Crippen molar-refractivity contribution in [2.24, 2.45) is 0 Å². The van der Waals surface area contributed by atoms with Crippen LogP contribution in [0.25, 0.3) is 17.3 Å². The molecule has 32 heavy (non-hydrogen) atoms. The number of nitrogens with one attached hydrogen (secondary N) is 1. The second kappa shape index (κ2) is 11.9. The Morgan fingerprint density at radius 3 is 2.59 bits per heavy atom. The monoisotopic (exact) mass is 452 g/mol. The van der Waals surface area contributed by atoms with Crippen LogP contribution < -0.4 is 19.5 Å². The molecule has 6 nitrogen and oxygen atoms in total. The number of rotatable bonds is 11. The summed E-state index contributed by atoms with van der Waals surface area (Å²) in [6.45, 7) is 2.82. The van der Waals surface area contributed by atoms with Gasteiger partial charge in [-0.25, -0.2) is 4.98 Å². The molecule has 1 aromatic heterocycles. The van der Waals surface area contributed by atoms with Gasteiger partial charge >= 0.3 is 0 Å². The first kappa shape index (κ1) is 23.3. The minimum Gasteiger partial charge on any atom is -0.497 e. The van der Waals surface area contributed by atoms with Crippen LogP contribution in [0.1, 0.15) is 31.7 Å². The van der Waals surface area contributed by atoms with Gasteiger partial charge in [0.1, 0.15) is 5.75 Å². The molecule has 0 saturated carbocycles. The molecule has 7 heteroatoms. The minimum atomic E-state index is -0.250. The van der Waals surface area contributed by atoms with Crippen LogP contribution in [0.4, 0.5) is 5.13 Å². The van der Waals surface area contributed by atoms with Gasteiger partial charge in [-0.3, -0.25) is 10.1 Å². The number of anilines is 1. The van der Waals surface area contributed by atoms with Gasteiger partial charge in [-0.1, -0.05) is 25.8 Å². The van der Waals surface area contributed by atoms with E-state index in [0.717, 1.165) is 41.8 Å². The van der Waals surface area contributed by atoms with Gasteiger partial charge in [-0.2, -0.15) is 0 Å². The zero-order valence-electron chi connectivity index (χ0n) is 18.6. The average molecular weight is 453 g/mol. The van der Waals surface area contributed by atoms with E-state index in [-0.39, 0.29) is 5.91 Å². The highest BCUT2D eigenvalue weighted by Crippen LogP contribution is 2.29. The van der Waals surface area contributed by atoms with Crippen LogP contribution in [0, 0.1) is 0 Å². The number of carbonyl (C=O) groups is 1. The summed E-state index contributed by atoms with van der Waals surface area (Å²) >= 11 is 1.38. The van der Waals surface area contributed by atoms with Crippen molar-refractivity contribution < 1.29 is 19.0 Å². The number of benzene rings is 2. The highest BCUT2D eigenvalue weighted by Gasteiger charge is 2.08. The molecule has 0 aliphatic carbocycles. The van der Waals surface area contributed by atoms with Crippen LogP contribution in [0.5, 0.6) is 17.2 Å². The summed E-state index contributed by atoms with van der Waals surface area (Å²) < 4.78 is 16.4. The molecule has 2 aromatic carbocycles. The fourth-order valence-corrected chi connectivity index (χ4v) is 3.71. The molecule has 168 valence electrons. The SMILES string of the molecule is CCCCCOc1ccc(C=CC(=O)Nc2nc(-c3ccc(OC)cc3)cs2)cc1OC. The van der Waals surface area contributed by atoms with Gasteiger partial charge in [0, 0.05) is 17.0 Å². The normalized spacial score (nSPS) is 10.8. The molecule has 0 radical (unpaired) electrons. The van der Waals surface area contributed by atoms with Crippen LogP contribution in [-0.2, 0) is 4.79 Å². The maximum absolute atomic E-state index is 12.3. The molecule has 0 bridgehead atoms. The van der Waals surface area contributed by atoms with Gasteiger partial charge in [0.25, 0.3) is 0 Å². The number of carbonyl (C=O) groups excluding carboxylic acids is 1. The van der Waals surface area contributed by atoms with E-state index < -0.39 is 0 Å². The van der Waals surface area contributed by atoms with Crippen molar-refractivity contribution in [1.29, 1.82) is 0 Å². The first-order valence-electron chi connectivity index (χ1n) is 10.5. The van der Waals surface area contributed by atoms with E-state index in [1.165, 1.54) is 17.4 Å². The molecular weight excluding hydrogens is 424 g/mol. The minimum absolute atomic E-state index is 0.250. The number of amides is 1. The van der Waals surface area contributed by atoms with E-state index >= 15 is 0 Å². The second-order valence-corrected chi connectivity index (χ2v) is 7.91.